The van der Waals surface area contributed by atoms with Gasteiger partial charge in [0, 0.05) is 24.0 Å². The fraction of sp³-hybridized carbons (Fsp3) is 0.316. The van der Waals surface area contributed by atoms with Crippen molar-refractivity contribution < 1.29 is 14.4 Å². The maximum Gasteiger partial charge on any atom is 0.261 e. The molecule has 1 aliphatic heterocycles. The van der Waals surface area contributed by atoms with Crippen LogP contribution in [-0.2, 0) is 0 Å². The number of carbonyl (C=O) groups is 3. The van der Waals surface area contributed by atoms with E-state index in [0.717, 1.165) is 32.1 Å². The Hall–Kier alpha value is -2.61. The molecule has 0 unspecified atom stereocenters. The standard InChI is InChI=1S/C19H17BrN4O3/c20-12-9-21-19(22-10-12)23-16(25)11-6-7-14-15(8-11)18(27)24(17(14)26)13-4-2-1-3-5-13/h6-10,13H,1-5H2,(H,21,22,23,25). The normalized spacial score (nSPS) is 17.1. The number of halogens is 1. The van der Waals surface area contributed by atoms with E-state index in [-0.39, 0.29) is 34.9 Å². The molecular weight excluding hydrogens is 412 g/mol. The number of anilines is 1. The Bertz CT molecular complexity index is 923. The lowest BCUT2D eigenvalue weighted by Crippen LogP contribution is -2.40. The number of hydrogen-bond donors (Lipinski definition) is 1. The van der Waals surface area contributed by atoms with Crippen LogP contribution < -0.4 is 5.32 Å². The number of nitrogens with one attached hydrogen (secondary N) is 1. The molecule has 1 aromatic carbocycles. The Morgan fingerprint density at radius 2 is 1.70 bits per heavy atom. The summed E-state index contributed by atoms with van der Waals surface area (Å²) in [5.74, 6) is -0.840. The average Bonchev–Trinajstić information content (AvgIpc) is 2.94. The Kier molecular flexibility index (Phi) is 4.73. The quantitative estimate of drug-likeness (QED) is 0.755. The maximum absolute atomic E-state index is 12.8. The van der Waals surface area contributed by atoms with Crippen molar-refractivity contribution in [3.63, 3.8) is 0 Å². The van der Waals surface area contributed by atoms with Gasteiger partial charge in [0.15, 0.2) is 0 Å². The van der Waals surface area contributed by atoms with Gasteiger partial charge in [0.1, 0.15) is 0 Å². The largest absolute Gasteiger partial charge is 0.290 e. The lowest BCUT2D eigenvalue weighted by molar-refractivity contribution is 0.0549. The van der Waals surface area contributed by atoms with Crippen molar-refractivity contribution in [1.29, 1.82) is 0 Å². The average molecular weight is 429 g/mol. The predicted molar refractivity (Wildman–Crippen MR) is 102 cm³/mol. The van der Waals surface area contributed by atoms with Crippen molar-refractivity contribution >= 4 is 39.6 Å². The van der Waals surface area contributed by atoms with Crippen LogP contribution in [0.1, 0.15) is 63.2 Å². The second kappa shape index (κ2) is 7.19. The number of nitrogens with zero attached hydrogens (tertiary/aromatic N) is 3. The zero-order valence-electron chi connectivity index (χ0n) is 14.4. The molecule has 0 atom stereocenters. The van der Waals surface area contributed by atoms with Crippen LogP contribution in [0.2, 0.25) is 0 Å². The second-order valence-electron chi connectivity index (χ2n) is 6.71. The SMILES string of the molecule is O=C(Nc1ncc(Br)cn1)c1ccc2c(c1)C(=O)N(C1CCCCC1)C2=O. The number of carbonyl (C=O) groups excluding carboxylic acids is 3. The van der Waals surface area contributed by atoms with Gasteiger partial charge in [-0.25, -0.2) is 9.97 Å². The molecule has 0 radical (unpaired) electrons. The summed E-state index contributed by atoms with van der Waals surface area (Å²) in [7, 11) is 0. The molecule has 138 valence electrons. The van der Waals surface area contributed by atoms with E-state index >= 15 is 0 Å². The molecule has 2 aromatic rings. The molecule has 2 aliphatic rings. The maximum atomic E-state index is 12.8. The zero-order valence-corrected chi connectivity index (χ0v) is 16.0. The van der Waals surface area contributed by atoms with E-state index in [1.807, 2.05) is 0 Å². The summed E-state index contributed by atoms with van der Waals surface area (Å²) >= 11 is 3.23. The fourth-order valence-corrected chi connectivity index (χ4v) is 3.83. The predicted octanol–water partition coefficient (Wildman–Crippen LogP) is 3.42. The third kappa shape index (κ3) is 3.37. The van der Waals surface area contributed by atoms with Gasteiger partial charge in [-0.2, -0.15) is 0 Å². The van der Waals surface area contributed by atoms with Gasteiger partial charge in [0.05, 0.1) is 15.6 Å². The van der Waals surface area contributed by atoms with Gasteiger partial charge in [-0.15, -0.1) is 0 Å². The minimum atomic E-state index is -0.434. The second-order valence-corrected chi connectivity index (χ2v) is 7.63. The summed E-state index contributed by atoms with van der Waals surface area (Å²) in [5.41, 5.74) is 0.934. The lowest BCUT2D eigenvalue weighted by atomic mass is 9.94. The number of hydrogen-bond acceptors (Lipinski definition) is 5. The first-order valence-electron chi connectivity index (χ1n) is 8.85. The van der Waals surface area contributed by atoms with Crippen LogP contribution >= 0.6 is 15.9 Å². The van der Waals surface area contributed by atoms with E-state index in [4.69, 9.17) is 0 Å². The molecule has 27 heavy (non-hydrogen) atoms. The van der Waals surface area contributed by atoms with Crippen LogP contribution in [0.4, 0.5) is 5.95 Å². The number of aromatic nitrogens is 2. The first-order valence-corrected chi connectivity index (χ1v) is 9.65. The van der Waals surface area contributed by atoms with Crippen LogP contribution in [0, 0.1) is 0 Å². The Morgan fingerprint density at radius 1 is 1.04 bits per heavy atom. The highest BCUT2D eigenvalue weighted by molar-refractivity contribution is 9.10. The highest BCUT2D eigenvalue weighted by Crippen LogP contribution is 2.31. The third-order valence-electron chi connectivity index (χ3n) is 4.97. The summed E-state index contributed by atoms with van der Waals surface area (Å²) in [6.07, 6.45) is 7.94. The van der Waals surface area contributed by atoms with Crippen LogP contribution in [0.3, 0.4) is 0 Å². The third-order valence-corrected chi connectivity index (χ3v) is 5.38. The van der Waals surface area contributed by atoms with Crippen molar-refractivity contribution in [1.82, 2.24) is 14.9 Å². The summed E-state index contributed by atoms with van der Waals surface area (Å²) in [6.45, 7) is 0. The topological polar surface area (TPSA) is 92.3 Å². The number of amides is 3. The van der Waals surface area contributed by atoms with E-state index in [9.17, 15) is 14.4 Å². The van der Waals surface area contributed by atoms with E-state index in [0.29, 0.717) is 10.0 Å². The number of benzene rings is 1. The first-order chi connectivity index (χ1) is 13.0. The number of imide groups is 1. The van der Waals surface area contributed by atoms with E-state index in [1.165, 1.54) is 23.4 Å². The lowest BCUT2D eigenvalue weighted by Gasteiger charge is -2.29. The van der Waals surface area contributed by atoms with Gasteiger partial charge in [-0.1, -0.05) is 19.3 Å². The molecule has 1 saturated carbocycles. The Morgan fingerprint density at radius 3 is 2.41 bits per heavy atom. The molecular formula is C19H17BrN4O3. The number of rotatable bonds is 3. The molecule has 7 nitrogen and oxygen atoms in total. The van der Waals surface area contributed by atoms with Gasteiger partial charge in [-0.05, 0) is 47.0 Å². The smallest absolute Gasteiger partial charge is 0.261 e. The Balaban J connectivity index is 1.57. The summed E-state index contributed by atoms with van der Waals surface area (Å²) in [5, 5.41) is 2.59. The highest BCUT2D eigenvalue weighted by atomic mass is 79.9. The fourth-order valence-electron chi connectivity index (χ4n) is 3.62. The summed E-state index contributed by atoms with van der Waals surface area (Å²) in [4.78, 5) is 47.3. The molecule has 0 saturated heterocycles. The summed E-state index contributed by atoms with van der Waals surface area (Å²) < 4.78 is 0.699. The minimum Gasteiger partial charge on any atom is -0.290 e. The van der Waals surface area contributed by atoms with Crippen LogP contribution in [-0.4, -0.2) is 38.6 Å². The van der Waals surface area contributed by atoms with E-state index in [1.54, 1.807) is 12.1 Å². The van der Waals surface area contributed by atoms with Crippen LogP contribution in [0.25, 0.3) is 0 Å². The summed E-state index contributed by atoms with van der Waals surface area (Å²) in [6, 6.07) is 4.53. The molecule has 4 rings (SSSR count). The molecule has 3 amide bonds. The van der Waals surface area contributed by atoms with Crippen molar-refractivity contribution in [2.75, 3.05) is 5.32 Å². The molecule has 1 aromatic heterocycles. The van der Waals surface area contributed by atoms with Gasteiger partial charge in [0.25, 0.3) is 17.7 Å². The van der Waals surface area contributed by atoms with Crippen LogP contribution in [0.5, 0.6) is 0 Å². The van der Waals surface area contributed by atoms with Gasteiger partial charge >= 0.3 is 0 Å². The highest BCUT2D eigenvalue weighted by Gasteiger charge is 2.40. The molecule has 0 bridgehead atoms. The van der Waals surface area contributed by atoms with Gasteiger partial charge in [0.2, 0.25) is 5.95 Å². The Labute approximate surface area is 164 Å². The molecule has 8 heteroatoms. The van der Waals surface area contributed by atoms with Crippen molar-refractivity contribution in [2.45, 2.75) is 38.1 Å². The number of fused-ring (bicyclic) bond motifs is 1. The molecule has 0 spiro atoms. The van der Waals surface area contributed by atoms with Crippen molar-refractivity contribution in [3.8, 4) is 0 Å². The first kappa shape index (κ1) is 17.8. The zero-order chi connectivity index (χ0) is 19.0. The van der Waals surface area contributed by atoms with Crippen LogP contribution in [0.15, 0.2) is 35.1 Å². The van der Waals surface area contributed by atoms with E-state index < -0.39 is 5.91 Å². The minimum absolute atomic E-state index is 0.0420. The molecule has 1 aliphatic carbocycles. The van der Waals surface area contributed by atoms with Gasteiger partial charge in [-0.3, -0.25) is 24.6 Å². The van der Waals surface area contributed by atoms with E-state index in [2.05, 4.69) is 31.2 Å². The van der Waals surface area contributed by atoms with Crippen molar-refractivity contribution in [3.05, 3.63) is 51.8 Å². The molecule has 2 heterocycles. The van der Waals surface area contributed by atoms with Gasteiger partial charge < -0.3 is 0 Å². The van der Waals surface area contributed by atoms with Crippen molar-refractivity contribution in [2.24, 2.45) is 0 Å². The monoisotopic (exact) mass is 428 g/mol. The molecule has 1 N–H and O–H groups in total. The molecule has 1 fully saturated rings.